The molecular formula is C25H24N6O3S. The molecule has 35 heavy (non-hydrogen) atoms. The van der Waals surface area contributed by atoms with E-state index in [9.17, 15) is 9.59 Å². The van der Waals surface area contributed by atoms with Crippen molar-refractivity contribution < 1.29 is 14.3 Å². The standard InChI is InChI=1S/C25H24N6O3S/c1-16-4-7-20(8-5-16)31-24(18-10-12-26-13-11-18)29-30-25(31)35-15-23(33)28-21-14-19(27-17(2)32)6-9-22(21)34-3/h4-14H,15H2,1-3H3,(H,27,32)(H,28,33). The molecule has 0 saturated heterocycles. The van der Waals surface area contributed by atoms with Crippen LogP contribution in [0.5, 0.6) is 5.75 Å². The first kappa shape index (κ1) is 24.0. The van der Waals surface area contributed by atoms with E-state index in [0.717, 1.165) is 16.8 Å². The molecule has 2 amide bonds. The van der Waals surface area contributed by atoms with Gasteiger partial charge in [-0.3, -0.25) is 19.1 Å². The molecule has 2 aromatic carbocycles. The lowest BCUT2D eigenvalue weighted by Gasteiger charge is -2.13. The van der Waals surface area contributed by atoms with Gasteiger partial charge in [-0.2, -0.15) is 0 Å². The fourth-order valence-electron chi connectivity index (χ4n) is 3.38. The second-order valence-corrected chi connectivity index (χ2v) is 8.59. The Morgan fingerprint density at radius 3 is 2.43 bits per heavy atom. The maximum atomic E-state index is 12.8. The van der Waals surface area contributed by atoms with Gasteiger partial charge < -0.3 is 15.4 Å². The van der Waals surface area contributed by atoms with Crippen LogP contribution in [-0.4, -0.2) is 44.4 Å². The minimum absolute atomic E-state index is 0.0911. The van der Waals surface area contributed by atoms with Gasteiger partial charge in [-0.25, -0.2) is 0 Å². The van der Waals surface area contributed by atoms with E-state index in [0.29, 0.717) is 28.1 Å². The van der Waals surface area contributed by atoms with Crippen molar-refractivity contribution in [3.63, 3.8) is 0 Å². The molecule has 0 radical (unpaired) electrons. The number of carbonyl (C=O) groups excluding carboxylic acids is 2. The number of methoxy groups -OCH3 is 1. The van der Waals surface area contributed by atoms with Crippen LogP contribution in [-0.2, 0) is 9.59 Å². The summed E-state index contributed by atoms with van der Waals surface area (Å²) in [5.41, 5.74) is 3.91. The molecule has 0 aliphatic heterocycles. The Hall–Kier alpha value is -4.18. The number of aryl methyl sites for hydroxylation is 1. The van der Waals surface area contributed by atoms with Gasteiger partial charge in [-0.05, 0) is 49.4 Å². The van der Waals surface area contributed by atoms with E-state index >= 15 is 0 Å². The van der Waals surface area contributed by atoms with Gasteiger partial charge in [0.2, 0.25) is 11.8 Å². The van der Waals surface area contributed by atoms with Crippen molar-refractivity contribution in [2.45, 2.75) is 19.0 Å². The third kappa shape index (κ3) is 5.85. The highest BCUT2D eigenvalue weighted by Crippen LogP contribution is 2.30. The molecule has 0 saturated carbocycles. The predicted molar refractivity (Wildman–Crippen MR) is 136 cm³/mol. The van der Waals surface area contributed by atoms with Crippen molar-refractivity contribution in [1.29, 1.82) is 0 Å². The smallest absolute Gasteiger partial charge is 0.234 e. The number of carbonyl (C=O) groups is 2. The number of pyridine rings is 1. The number of benzene rings is 2. The molecule has 0 fully saturated rings. The molecule has 178 valence electrons. The maximum Gasteiger partial charge on any atom is 0.234 e. The minimum Gasteiger partial charge on any atom is -0.495 e. The minimum atomic E-state index is -0.253. The first-order chi connectivity index (χ1) is 16.9. The zero-order valence-corrected chi connectivity index (χ0v) is 20.3. The molecule has 0 atom stereocenters. The van der Waals surface area contributed by atoms with Crippen LogP contribution >= 0.6 is 11.8 Å². The number of amides is 2. The van der Waals surface area contributed by atoms with E-state index in [1.807, 2.05) is 47.9 Å². The molecule has 2 N–H and O–H groups in total. The molecule has 2 heterocycles. The molecule has 10 heteroatoms. The number of nitrogens with zero attached hydrogens (tertiary/aromatic N) is 4. The Labute approximate surface area is 206 Å². The molecule has 4 rings (SSSR count). The summed E-state index contributed by atoms with van der Waals surface area (Å²) in [4.78, 5) is 28.3. The molecular weight excluding hydrogens is 464 g/mol. The highest BCUT2D eigenvalue weighted by Gasteiger charge is 2.18. The highest BCUT2D eigenvalue weighted by molar-refractivity contribution is 7.99. The number of hydrogen-bond donors (Lipinski definition) is 2. The normalized spacial score (nSPS) is 10.6. The quantitative estimate of drug-likeness (QED) is 0.355. The van der Waals surface area contributed by atoms with Gasteiger partial charge in [0.15, 0.2) is 11.0 Å². The van der Waals surface area contributed by atoms with Gasteiger partial charge in [-0.1, -0.05) is 29.5 Å². The Balaban J connectivity index is 1.56. The second-order valence-electron chi connectivity index (χ2n) is 7.65. The SMILES string of the molecule is COc1ccc(NC(C)=O)cc1NC(=O)CSc1nnc(-c2ccncc2)n1-c1ccc(C)cc1. The third-order valence-corrected chi connectivity index (χ3v) is 5.92. The summed E-state index contributed by atoms with van der Waals surface area (Å²) >= 11 is 1.27. The topological polar surface area (TPSA) is 111 Å². The number of aromatic nitrogens is 4. The molecule has 0 spiro atoms. The Morgan fingerprint density at radius 2 is 1.74 bits per heavy atom. The molecule has 9 nitrogen and oxygen atoms in total. The summed E-state index contributed by atoms with van der Waals surface area (Å²) < 4.78 is 7.26. The van der Waals surface area contributed by atoms with Crippen molar-refractivity contribution in [2.75, 3.05) is 23.5 Å². The molecule has 4 aromatic rings. The third-order valence-electron chi connectivity index (χ3n) is 4.99. The van der Waals surface area contributed by atoms with Gasteiger partial charge >= 0.3 is 0 Å². The van der Waals surface area contributed by atoms with Crippen LogP contribution in [0.4, 0.5) is 11.4 Å². The fourth-order valence-corrected chi connectivity index (χ4v) is 4.13. The summed E-state index contributed by atoms with van der Waals surface area (Å²) in [5, 5.41) is 14.9. The van der Waals surface area contributed by atoms with Gasteiger partial charge in [0.05, 0.1) is 18.6 Å². The number of hydrogen-bond acceptors (Lipinski definition) is 7. The van der Waals surface area contributed by atoms with Crippen molar-refractivity contribution in [3.8, 4) is 22.8 Å². The van der Waals surface area contributed by atoms with Gasteiger partial charge in [0, 0.05) is 36.3 Å². The van der Waals surface area contributed by atoms with Crippen molar-refractivity contribution in [2.24, 2.45) is 0 Å². The van der Waals surface area contributed by atoms with Crippen LogP contribution in [0.2, 0.25) is 0 Å². The Bertz CT molecular complexity index is 1340. The Kier molecular flexibility index (Phi) is 7.41. The number of rotatable bonds is 8. The monoisotopic (exact) mass is 488 g/mol. The van der Waals surface area contributed by atoms with E-state index < -0.39 is 0 Å². The second kappa shape index (κ2) is 10.8. The number of thioether (sulfide) groups is 1. The lowest BCUT2D eigenvalue weighted by atomic mass is 10.2. The predicted octanol–water partition coefficient (Wildman–Crippen LogP) is 4.34. The van der Waals surface area contributed by atoms with E-state index in [-0.39, 0.29) is 17.6 Å². The summed E-state index contributed by atoms with van der Waals surface area (Å²) in [6, 6.07) is 16.8. The molecule has 2 aromatic heterocycles. The van der Waals surface area contributed by atoms with Crippen molar-refractivity contribution in [3.05, 3.63) is 72.6 Å². The lowest BCUT2D eigenvalue weighted by Crippen LogP contribution is -2.16. The molecule has 0 aliphatic rings. The van der Waals surface area contributed by atoms with E-state index in [1.54, 1.807) is 30.6 Å². The zero-order valence-electron chi connectivity index (χ0n) is 19.5. The highest BCUT2D eigenvalue weighted by atomic mass is 32.2. The van der Waals surface area contributed by atoms with Gasteiger partial charge in [0.1, 0.15) is 5.75 Å². The first-order valence-corrected chi connectivity index (χ1v) is 11.7. The van der Waals surface area contributed by atoms with Gasteiger partial charge in [-0.15, -0.1) is 10.2 Å². The van der Waals surface area contributed by atoms with Crippen molar-refractivity contribution in [1.82, 2.24) is 19.7 Å². The molecule has 0 aliphatic carbocycles. The largest absolute Gasteiger partial charge is 0.495 e. The van der Waals surface area contributed by atoms with Gasteiger partial charge in [0.25, 0.3) is 0 Å². The van der Waals surface area contributed by atoms with Crippen LogP contribution in [0.25, 0.3) is 17.1 Å². The van der Waals surface area contributed by atoms with Crippen LogP contribution < -0.4 is 15.4 Å². The summed E-state index contributed by atoms with van der Waals surface area (Å²) in [5.74, 6) is 0.776. The van der Waals surface area contributed by atoms with Crippen molar-refractivity contribution >= 4 is 35.0 Å². The fraction of sp³-hybridized carbons (Fsp3) is 0.160. The van der Waals surface area contributed by atoms with Crippen LogP contribution in [0.3, 0.4) is 0 Å². The van der Waals surface area contributed by atoms with E-state index in [4.69, 9.17) is 4.74 Å². The van der Waals surface area contributed by atoms with Crippen LogP contribution in [0, 0.1) is 6.92 Å². The van der Waals surface area contributed by atoms with E-state index in [1.165, 1.54) is 25.8 Å². The maximum absolute atomic E-state index is 12.8. The lowest BCUT2D eigenvalue weighted by molar-refractivity contribution is -0.114. The molecule has 0 unspecified atom stereocenters. The Morgan fingerprint density at radius 1 is 1.00 bits per heavy atom. The summed E-state index contributed by atoms with van der Waals surface area (Å²) in [6.45, 7) is 3.44. The molecule has 0 bridgehead atoms. The average molecular weight is 489 g/mol. The zero-order chi connectivity index (χ0) is 24.8. The number of anilines is 2. The van der Waals surface area contributed by atoms with E-state index in [2.05, 4.69) is 25.8 Å². The first-order valence-electron chi connectivity index (χ1n) is 10.8. The summed E-state index contributed by atoms with van der Waals surface area (Å²) in [6.07, 6.45) is 3.40. The summed E-state index contributed by atoms with van der Waals surface area (Å²) in [7, 11) is 1.52. The van der Waals surface area contributed by atoms with Crippen LogP contribution in [0.1, 0.15) is 12.5 Å². The number of ether oxygens (including phenoxy) is 1. The number of nitrogens with one attached hydrogen (secondary N) is 2. The average Bonchev–Trinajstić information content (AvgIpc) is 3.27. The van der Waals surface area contributed by atoms with Crippen LogP contribution in [0.15, 0.2) is 72.1 Å².